The van der Waals surface area contributed by atoms with Crippen LogP contribution in [0.5, 0.6) is 0 Å². The molecule has 0 fully saturated rings. The molecule has 0 heterocycles. The van der Waals surface area contributed by atoms with Gasteiger partial charge < -0.3 is 5.11 Å². The van der Waals surface area contributed by atoms with E-state index in [2.05, 4.69) is 0 Å². The average molecular weight is 167 g/mol. The molecule has 1 N–H and O–H groups in total. The van der Waals surface area contributed by atoms with E-state index in [1.807, 2.05) is 0 Å². The summed E-state index contributed by atoms with van der Waals surface area (Å²) < 4.78 is 12.5. The van der Waals surface area contributed by atoms with Crippen LogP contribution >= 0.6 is 11.6 Å². The topological polar surface area (TPSA) is 37.3 Å². The van der Waals surface area contributed by atoms with Crippen LogP contribution in [0.2, 0.25) is 0 Å². The Balaban J connectivity index is 4.56. The van der Waals surface area contributed by atoms with E-state index < -0.39 is 17.2 Å². The molecule has 0 aromatic carbocycles. The predicted octanol–water partition coefficient (Wildman–Crippen LogP) is 2.15. The predicted molar refractivity (Wildman–Crippen MR) is 36.5 cm³/mol. The Bertz CT molecular complexity index is 175. The maximum atomic E-state index is 12.5. The molecular weight excluding hydrogens is 159 g/mol. The van der Waals surface area contributed by atoms with Crippen molar-refractivity contribution in [3.05, 3.63) is 11.4 Å². The van der Waals surface area contributed by atoms with Crippen LogP contribution < -0.4 is 0 Å². The van der Waals surface area contributed by atoms with Crippen molar-refractivity contribution in [1.82, 2.24) is 0 Å². The molecule has 0 aromatic rings. The molecule has 58 valence electrons. The van der Waals surface area contributed by atoms with Crippen LogP contribution in [0.3, 0.4) is 0 Å². The molecule has 0 aliphatic carbocycles. The number of hydrogen-bond donors (Lipinski definition) is 1. The van der Waals surface area contributed by atoms with Gasteiger partial charge in [0.2, 0.25) is 0 Å². The minimum absolute atomic E-state index is 0.633. The van der Waals surface area contributed by atoms with Crippen molar-refractivity contribution in [1.29, 1.82) is 0 Å². The third kappa shape index (κ3) is 1.70. The van der Waals surface area contributed by atoms with Crippen LogP contribution in [0.1, 0.15) is 13.8 Å². The number of rotatable bonds is 2. The SMILES string of the molecule is CC(C)(C(=O)O)/C(F)=C\Cl. The quantitative estimate of drug-likeness (QED) is 0.683. The standard InChI is InChI=1S/C6H8ClFO2/c1-6(2,5(9)10)4(8)3-7/h3H,1-2H3,(H,9,10)/b4-3+. The van der Waals surface area contributed by atoms with Crippen LogP contribution in [-0.4, -0.2) is 11.1 Å². The van der Waals surface area contributed by atoms with Gasteiger partial charge in [-0.3, -0.25) is 4.79 Å². The van der Waals surface area contributed by atoms with Crippen LogP contribution in [-0.2, 0) is 4.79 Å². The van der Waals surface area contributed by atoms with Gasteiger partial charge in [-0.2, -0.15) is 0 Å². The summed E-state index contributed by atoms with van der Waals surface area (Å²) in [6.07, 6.45) is 0. The van der Waals surface area contributed by atoms with Gasteiger partial charge in [0.05, 0.1) is 0 Å². The van der Waals surface area contributed by atoms with Crippen molar-refractivity contribution in [2.24, 2.45) is 5.41 Å². The molecule has 0 amide bonds. The summed E-state index contributed by atoms with van der Waals surface area (Å²) >= 11 is 4.98. The van der Waals surface area contributed by atoms with E-state index in [0.717, 1.165) is 0 Å². The Hall–Kier alpha value is -0.570. The zero-order valence-electron chi connectivity index (χ0n) is 5.69. The molecule has 0 aliphatic rings. The van der Waals surface area contributed by atoms with Crippen LogP contribution in [0, 0.1) is 5.41 Å². The molecule has 0 saturated carbocycles. The molecule has 4 heteroatoms. The second-order valence-corrected chi connectivity index (χ2v) is 2.61. The molecule has 0 aromatic heterocycles. The molecule has 0 spiro atoms. The number of aliphatic carboxylic acids is 1. The average Bonchev–Trinajstić information content (AvgIpc) is 1.86. The Morgan fingerprint density at radius 1 is 1.70 bits per heavy atom. The van der Waals surface area contributed by atoms with Gasteiger partial charge in [-0.15, -0.1) is 0 Å². The first-order chi connectivity index (χ1) is 4.42. The zero-order valence-corrected chi connectivity index (χ0v) is 6.44. The highest BCUT2D eigenvalue weighted by atomic mass is 35.5. The normalized spacial score (nSPS) is 13.4. The Morgan fingerprint density at radius 2 is 2.10 bits per heavy atom. The number of hydrogen-bond acceptors (Lipinski definition) is 1. The molecule has 0 saturated heterocycles. The smallest absolute Gasteiger partial charge is 0.315 e. The molecule has 0 rings (SSSR count). The van der Waals surface area contributed by atoms with Crippen LogP contribution in [0.15, 0.2) is 11.4 Å². The van der Waals surface area contributed by atoms with Crippen molar-refractivity contribution in [3.8, 4) is 0 Å². The molecule has 10 heavy (non-hydrogen) atoms. The van der Waals surface area contributed by atoms with E-state index in [1.54, 1.807) is 0 Å². The number of carbonyl (C=O) groups is 1. The van der Waals surface area contributed by atoms with E-state index >= 15 is 0 Å². The third-order valence-electron chi connectivity index (χ3n) is 1.23. The van der Waals surface area contributed by atoms with Crippen molar-refractivity contribution in [3.63, 3.8) is 0 Å². The van der Waals surface area contributed by atoms with Crippen LogP contribution in [0.25, 0.3) is 0 Å². The number of carboxylic acid groups (broad SMARTS) is 1. The summed E-state index contributed by atoms with van der Waals surface area (Å²) in [6, 6.07) is 0. The fourth-order valence-electron chi connectivity index (χ4n) is 0.239. The summed E-state index contributed by atoms with van der Waals surface area (Å²) in [5.74, 6) is -2.08. The summed E-state index contributed by atoms with van der Waals surface area (Å²) in [4.78, 5) is 10.3. The van der Waals surface area contributed by atoms with Gasteiger partial charge in [0.15, 0.2) is 0 Å². The number of halogens is 2. The highest BCUT2D eigenvalue weighted by Crippen LogP contribution is 2.27. The van der Waals surface area contributed by atoms with Gasteiger partial charge in [-0.05, 0) is 13.8 Å². The van der Waals surface area contributed by atoms with E-state index in [-0.39, 0.29) is 0 Å². The molecular formula is C6H8ClFO2. The lowest BCUT2D eigenvalue weighted by Gasteiger charge is -2.14. The second kappa shape index (κ2) is 3.01. The highest BCUT2D eigenvalue weighted by Gasteiger charge is 2.32. The molecule has 0 unspecified atom stereocenters. The lowest BCUT2D eigenvalue weighted by Crippen LogP contribution is -2.23. The Morgan fingerprint density at radius 3 is 2.20 bits per heavy atom. The lowest BCUT2D eigenvalue weighted by atomic mass is 9.93. The van der Waals surface area contributed by atoms with E-state index in [0.29, 0.717) is 5.54 Å². The monoisotopic (exact) mass is 166 g/mol. The van der Waals surface area contributed by atoms with E-state index in [4.69, 9.17) is 16.7 Å². The van der Waals surface area contributed by atoms with Crippen molar-refractivity contribution < 1.29 is 14.3 Å². The first kappa shape index (κ1) is 9.43. The largest absolute Gasteiger partial charge is 0.481 e. The van der Waals surface area contributed by atoms with Gasteiger partial charge in [0.25, 0.3) is 0 Å². The van der Waals surface area contributed by atoms with E-state index in [9.17, 15) is 9.18 Å². The van der Waals surface area contributed by atoms with Gasteiger partial charge >= 0.3 is 5.97 Å². The zero-order chi connectivity index (χ0) is 8.36. The summed E-state index contributed by atoms with van der Waals surface area (Å²) in [6.45, 7) is 2.48. The first-order valence-corrected chi connectivity index (χ1v) is 3.06. The summed E-state index contributed by atoms with van der Waals surface area (Å²) in [5.41, 5.74) is -0.879. The van der Waals surface area contributed by atoms with Crippen molar-refractivity contribution in [2.45, 2.75) is 13.8 Å². The maximum Gasteiger partial charge on any atom is 0.315 e. The van der Waals surface area contributed by atoms with Gasteiger partial charge in [0, 0.05) is 5.54 Å². The highest BCUT2D eigenvalue weighted by molar-refractivity contribution is 6.25. The minimum atomic E-state index is -1.51. The van der Waals surface area contributed by atoms with Gasteiger partial charge in [0.1, 0.15) is 11.2 Å². The molecule has 0 atom stereocenters. The Labute approximate surface area is 63.3 Å². The van der Waals surface area contributed by atoms with Crippen molar-refractivity contribution in [2.75, 3.05) is 0 Å². The molecule has 0 radical (unpaired) electrons. The first-order valence-electron chi connectivity index (χ1n) is 2.62. The molecule has 0 bridgehead atoms. The summed E-state index contributed by atoms with van der Waals surface area (Å²) in [5, 5.41) is 8.40. The van der Waals surface area contributed by atoms with Gasteiger partial charge in [-0.1, -0.05) is 11.6 Å². The minimum Gasteiger partial charge on any atom is -0.481 e. The fraction of sp³-hybridized carbons (Fsp3) is 0.500. The lowest BCUT2D eigenvalue weighted by molar-refractivity contribution is -0.145. The molecule has 2 nitrogen and oxygen atoms in total. The number of carboxylic acids is 1. The van der Waals surface area contributed by atoms with Crippen LogP contribution in [0.4, 0.5) is 4.39 Å². The van der Waals surface area contributed by atoms with Gasteiger partial charge in [-0.25, -0.2) is 4.39 Å². The summed E-state index contributed by atoms with van der Waals surface area (Å²) in [7, 11) is 0. The Kier molecular flexibility index (Phi) is 2.84. The maximum absolute atomic E-state index is 12.5. The fourth-order valence-corrected chi connectivity index (χ4v) is 0.511. The molecule has 0 aliphatic heterocycles. The third-order valence-corrected chi connectivity index (χ3v) is 1.42. The second-order valence-electron chi connectivity index (χ2n) is 2.39. The van der Waals surface area contributed by atoms with E-state index in [1.165, 1.54) is 13.8 Å². The van der Waals surface area contributed by atoms with Crippen molar-refractivity contribution >= 4 is 17.6 Å².